The van der Waals surface area contributed by atoms with E-state index in [4.69, 9.17) is 4.74 Å². The van der Waals surface area contributed by atoms with Gasteiger partial charge in [-0.25, -0.2) is 18.9 Å². The van der Waals surface area contributed by atoms with Gasteiger partial charge in [0.2, 0.25) is 11.7 Å². The third-order valence-electron chi connectivity index (χ3n) is 3.85. The molecule has 4 aromatic heterocycles. The topological polar surface area (TPSA) is 120 Å². The molecule has 0 aliphatic heterocycles. The van der Waals surface area contributed by atoms with Crippen LogP contribution in [0.3, 0.4) is 0 Å². The fourth-order valence-corrected chi connectivity index (χ4v) is 2.54. The second-order valence-electron chi connectivity index (χ2n) is 5.61. The average molecular weight is 381 g/mol. The molecule has 4 heterocycles. The Morgan fingerprint density at radius 2 is 2.14 bits per heavy atom. The van der Waals surface area contributed by atoms with Crippen LogP contribution in [0.25, 0.3) is 17.0 Å². The minimum atomic E-state index is -0.596. The quantitative estimate of drug-likeness (QED) is 0.414. The van der Waals surface area contributed by atoms with Crippen molar-refractivity contribution < 1.29 is 14.1 Å². The molecule has 0 unspecified atom stereocenters. The van der Waals surface area contributed by atoms with Crippen LogP contribution >= 0.6 is 0 Å². The summed E-state index contributed by atoms with van der Waals surface area (Å²) in [5, 5.41) is 18.3. The van der Waals surface area contributed by atoms with Crippen molar-refractivity contribution in [1.82, 2.24) is 24.6 Å². The predicted octanol–water partition coefficient (Wildman–Crippen LogP) is 2.99. The zero-order valence-electron chi connectivity index (χ0n) is 14.4. The van der Waals surface area contributed by atoms with E-state index in [0.29, 0.717) is 17.1 Å². The van der Waals surface area contributed by atoms with Gasteiger partial charge in [-0.1, -0.05) is 6.07 Å². The van der Waals surface area contributed by atoms with Crippen molar-refractivity contribution in [2.24, 2.45) is 0 Å². The highest BCUT2D eigenvalue weighted by molar-refractivity contribution is 5.77. The third-order valence-corrected chi connectivity index (χ3v) is 3.85. The number of rotatable bonds is 5. The molecular weight excluding hydrogens is 369 g/mol. The first-order valence-corrected chi connectivity index (χ1v) is 7.98. The van der Waals surface area contributed by atoms with E-state index in [1.807, 2.05) is 0 Å². The second kappa shape index (κ2) is 6.87. The highest BCUT2D eigenvalue weighted by Gasteiger charge is 2.18. The molecule has 4 rings (SSSR count). The number of nitrogens with one attached hydrogen (secondary N) is 1. The molecule has 0 aliphatic carbocycles. The van der Waals surface area contributed by atoms with Gasteiger partial charge in [0.1, 0.15) is 17.4 Å². The molecule has 0 amide bonds. The number of fused-ring (bicyclic) bond motifs is 1. The SMILES string of the molecule is COc1cccc(-c2nc(Nc3ccncc3F)c3cc([N+](=O)[O-])cn3n2)n1. The van der Waals surface area contributed by atoms with Gasteiger partial charge < -0.3 is 10.1 Å². The molecule has 28 heavy (non-hydrogen) atoms. The van der Waals surface area contributed by atoms with Crippen LogP contribution in [0.5, 0.6) is 5.88 Å². The van der Waals surface area contributed by atoms with E-state index in [1.54, 1.807) is 18.2 Å². The van der Waals surface area contributed by atoms with E-state index in [-0.39, 0.29) is 23.0 Å². The first-order chi connectivity index (χ1) is 13.5. The van der Waals surface area contributed by atoms with Gasteiger partial charge >= 0.3 is 0 Å². The zero-order valence-corrected chi connectivity index (χ0v) is 14.4. The highest BCUT2D eigenvalue weighted by atomic mass is 19.1. The Bertz CT molecular complexity index is 1190. The molecule has 0 atom stereocenters. The molecule has 0 aliphatic rings. The summed E-state index contributed by atoms with van der Waals surface area (Å²) in [6.45, 7) is 0. The largest absolute Gasteiger partial charge is 0.481 e. The number of methoxy groups -OCH3 is 1. The van der Waals surface area contributed by atoms with Crippen LogP contribution in [0.15, 0.2) is 48.9 Å². The molecule has 0 saturated carbocycles. The molecule has 0 radical (unpaired) electrons. The number of pyridine rings is 2. The van der Waals surface area contributed by atoms with E-state index in [2.05, 4.69) is 25.4 Å². The summed E-state index contributed by atoms with van der Waals surface area (Å²) in [4.78, 5) is 23.0. The summed E-state index contributed by atoms with van der Waals surface area (Å²) >= 11 is 0. The molecule has 10 nitrogen and oxygen atoms in total. The molecule has 4 aromatic rings. The van der Waals surface area contributed by atoms with Gasteiger partial charge in [-0.15, -0.1) is 5.10 Å². The van der Waals surface area contributed by atoms with Gasteiger partial charge in [0.25, 0.3) is 5.69 Å². The van der Waals surface area contributed by atoms with E-state index >= 15 is 0 Å². The Kier molecular flexibility index (Phi) is 4.24. The summed E-state index contributed by atoms with van der Waals surface area (Å²) in [6.07, 6.45) is 3.70. The minimum absolute atomic E-state index is 0.115. The lowest BCUT2D eigenvalue weighted by Gasteiger charge is -2.10. The molecular formula is C17H12FN7O3. The van der Waals surface area contributed by atoms with Crippen molar-refractivity contribution in [1.29, 1.82) is 0 Å². The Balaban J connectivity index is 1.90. The maximum absolute atomic E-state index is 14.0. The number of hydrogen-bond acceptors (Lipinski definition) is 8. The Hall–Kier alpha value is -4.15. The smallest absolute Gasteiger partial charge is 0.289 e. The maximum atomic E-state index is 14.0. The molecule has 140 valence electrons. The third kappa shape index (κ3) is 3.16. The Morgan fingerprint density at radius 3 is 2.89 bits per heavy atom. The number of nitro groups is 1. The summed E-state index contributed by atoms with van der Waals surface area (Å²) < 4.78 is 20.4. The summed E-state index contributed by atoms with van der Waals surface area (Å²) in [5.41, 5.74) is 0.623. The molecule has 11 heteroatoms. The van der Waals surface area contributed by atoms with Crippen LogP contribution in [0.2, 0.25) is 0 Å². The lowest BCUT2D eigenvalue weighted by Crippen LogP contribution is -2.05. The standard InChI is InChI=1S/C17H12FN7O3/c1-28-15-4-2-3-13(20-15)16-22-17(21-12-5-6-19-8-11(12)18)14-7-10(25(26)27)9-24(14)23-16/h2-9H,1H3,(H,19,21,22,23). The van der Waals surface area contributed by atoms with E-state index in [1.165, 1.54) is 36.2 Å². The number of nitrogens with zero attached hydrogens (tertiary/aromatic N) is 6. The number of hydrogen-bond donors (Lipinski definition) is 1. The fraction of sp³-hybridized carbons (Fsp3) is 0.0588. The lowest BCUT2D eigenvalue weighted by molar-refractivity contribution is -0.384. The average Bonchev–Trinajstić information content (AvgIpc) is 3.14. The molecule has 0 spiro atoms. The van der Waals surface area contributed by atoms with Gasteiger partial charge in [0.15, 0.2) is 11.6 Å². The van der Waals surface area contributed by atoms with Gasteiger partial charge in [0, 0.05) is 18.3 Å². The minimum Gasteiger partial charge on any atom is -0.481 e. The molecule has 0 aromatic carbocycles. The maximum Gasteiger partial charge on any atom is 0.289 e. The van der Waals surface area contributed by atoms with Gasteiger partial charge in [0.05, 0.1) is 23.9 Å². The van der Waals surface area contributed by atoms with E-state index in [9.17, 15) is 14.5 Å². The first-order valence-electron chi connectivity index (χ1n) is 7.98. The molecule has 0 fully saturated rings. The van der Waals surface area contributed by atoms with Crippen molar-refractivity contribution >= 4 is 22.7 Å². The normalized spacial score (nSPS) is 10.8. The van der Waals surface area contributed by atoms with Crippen LogP contribution in [-0.4, -0.2) is 36.6 Å². The highest BCUT2D eigenvalue weighted by Crippen LogP contribution is 2.28. The zero-order chi connectivity index (χ0) is 19.7. The van der Waals surface area contributed by atoms with Crippen LogP contribution in [0.4, 0.5) is 21.6 Å². The van der Waals surface area contributed by atoms with Crippen molar-refractivity contribution in [3.8, 4) is 17.4 Å². The van der Waals surface area contributed by atoms with E-state index in [0.717, 1.165) is 6.20 Å². The molecule has 0 saturated heterocycles. The lowest BCUT2D eigenvalue weighted by atomic mass is 10.3. The number of anilines is 2. The Labute approximate surface area is 156 Å². The number of halogens is 1. The number of ether oxygens (including phenoxy) is 1. The van der Waals surface area contributed by atoms with Gasteiger partial charge in [-0.3, -0.25) is 15.1 Å². The monoisotopic (exact) mass is 381 g/mol. The predicted molar refractivity (Wildman–Crippen MR) is 96.9 cm³/mol. The second-order valence-corrected chi connectivity index (χ2v) is 5.61. The van der Waals surface area contributed by atoms with Crippen molar-refractivity contribution in [2.45, 2.75) is 0 Å². The van der Waals surface area contributed by atoms with Crippen molar-refractivity contribution in [3.05, 3.63) is 64.9 Å². The van der Waals surface area contributed by atoms with Crippen molar-refractivity contribution in [3.63, 3.8) is 0 Å². The van der Waals surface area contributed by atoms with Crippen molar-refractivity contribution in [2.75, 3.05) is 12.4 Å². The van der Waals surface area contributed by atoms with Crippen LogP contribution in [0, 0.1) is 15.9 Å². The molecule has 1 N–H and O–H groups in total. The summed E-state index contributed by atoms with van der Waals surface area (Å²) in [7, 11) is 1.48. The van der Waals surface area contributed by atoms with Gasteiger partial charge in [-0.05, 0) is 12.1 Å². The molecule has 0 bridgehead atoms. The Morgan fingerprint density at radius 1 is 1.29 bits per heavy atom. The first kappa shape index (κ1) is 17.3. The van der Waals surface area contributed by atoms with Crippen LogP contribution in [0.1, 0.15) is 0 Å². The number of aromatic nitrogens is 5. The van der Waals surface area contributed by atoms with Gasteiger partial charge in [-0.2, -0.15) is 0 Å². The van der Waals surface area contributed by atoms with E-state index < -0.39 is 10.7 Å². The summed E-state index contributed by atoms with van der Waals surface area (Å²) in [5.74, 6) is 0.109. The van der Waals surface area contributed by atoms with Crippen LogP contribution < -0.4 is 10.1 Å². The van der Waals surface area contributed by atoms with Crippen LogP contribution in [-0.2, 0) is 0 Å². The fourth-order valence-electron chi connectivity index (χ4n) is 2.54. The summed E-state index contributed by atoms with van der Waals surface area (Å²) in [6, 6.07) is 7.76.